The van der Waals surface area contributed by atoms with Gasteiger partial charge in [-0.1, -0.05) is 0 Å². The smallest absolute Gasteiger partial charge is 0.254 e. The van der Waals surface area contributed by atoms with Crippen molar-refractivity contribution >= 4 is 11.8 Å². The van der Waals surface area contributed by atoms with Gasteiger partial charge in [-0.25, -0.2) is 8.78 Å². The molecule has 0 spiro atoms. The third-order valence-corrected chi connectivity index (χ3v) is 7.59. The van der Waals surface area contributed by atoms with Crippen molar-refractivity contribution in [3.05, 3.63) is 35.4 Å². The zero-order chi connectivity index (χ0) is 20.8. The number of nitrogens with zero attached hydrogens (tertiary/aromatic N) is 3. The molecule has 1 aromatic rings. The normalized spacial score (nSPS) is 30.3. The van der Waals surface area contributed by atoms with Gasteiger partial charge in [0.15, 0.2) is 0 Å². The molecular weight excluding hydrogens is 388 g/mol. The van der Waals surface area contributed by atoms with Crippen LogP contribution in [0.2, 0.25) is 0 Å². The lowest BCUT2D eigenvalue weighted by atomic mass is 9.75. The highest BCUT2D eigenvalue weighted by molar-refractivity contribution is 5.94. The fourth-order valence-corrected chi connectivity index (χ4v) is 6.24. The molecule has 4 saturated heterocycles. The monoisotopic (exact) mass is 417 g/mol. The van der Waals surface area contributed by atoms with E-state index >= 15 is 0 Å². The Hall–Kier alpha value is -2.02. The predicted molar refractivity (Wildman–Crippen MR) is 108 cm³/mol. The van der Waals surface area contributed by atoms with E-state index in [-0.39, 0.29) is 11.5 Å². The summed E-state index contributed by atoms with van der Waals surface area (Å²) >= 11 is 0. The molecule has 30 heavy (non-hydrogen) atoms. The van der Waals surface area contributed by atoms with E-state index in [1.54, 1.807) is 4.90 Å². The van der Waals surface area contributed by atoms with E-state index in [4.69, 9.17) is 0 Å². The van der Waals surface area contributed by atoms with E-state index in [1.807, 2.05) is 0 Å². The number of fused-ring (bicyclic) bond motifs is 4. The van der Waals surface area contributed by atoms with Crippen molar-refractivity contribution in [3.63, 3.8) is 0 Å². The van der Waals surface area contributed by atoms with Gasteiger partial charge in [0.05, 0.1) is 0 Å². The topological polar surface area (TPSA) is 43.9 Å². The van der Waals surface area contributed by atoms with Crippen molar-refractivity contribution < 1.29 is 18.4 Å². The molecule has 0 aromatic heterocycles. The minimum atomic E-state index is -0.719. The molecule has 4 aliphatic heterocycles. The average Bonchev–Trinajstić information content (AvgIpc) is 2.73. The molecule has 5 nitrogen and oxygen atoms in total. The van der Waals surface area contributed by atoms with E-state index in [2.05, 4.69) is 9.80 Å². The van der Waals surface area contributed by atoms with Crippen LogP contribution in [0.25, 0.3) is 0 Å². The van der Waals surface area contributed by atoms with Crippen molar-refractivity contribution in [1.29, 1.82) is 0 Å². The summed E-state index contributed by atoms with van der Waals surface area (Å²) in [6.07, 6.45) is 5.86. The average molecular weight is 418 g/mol. The summed E-state index contributed by atoms with van der Waals surface area (Å²) in [4.78, 5) is 31.5. The van der Waals surface area contributed by atoms with Crippen LogP contribution >= 0.6 is 0 Å². The summed E-state index contributed by atoms with van der Waals surface area (Å²) in [7, 11) is 0. The second kappa shape index (κ2) is 7.91. The molecule has 0 saturated carbocycles. The number of amides is 2. The van der Waals surface area contributed by atoms with Crippen LogP contribution in [0.15, 0.2) is 18.2 Å². The van der Waals surface area contributed by atoms with E-state index in [0.717, 1.165) is 63.5 Å². The van der Waals surface area contributed by atoms with Gasteiger partial charge >= 0.3 is 0 Å². The molecule has 4 fully saturated rings. The van der Waals surface area contributed by atoms with E-state index in [1.165, 1.54) is 6.42 Å². The number of carbonyl (C=O) groups is 2. The Bertz CT molecular complexity index is 819. The Morgan fingerprint density at radius 3 is 2.43 bits per heavy atom. The highest BCUT2D eigenvalue weighted by atomic mass is 19.1. The highest BCUT2D eigenvalue weighted by Gasteiger charge is 2.45. The first kappa shape index (κ1) is 19.9. The van der Waals surface area contributed by atoms with Crippen LogP contribution in [0, 0.1) is 23.5 Å². The number of carbonyl (C=O) groups excluding carboxylic acids is 2. The number of hydrogen-bond donors (Lipinski definition) is 0. The molecule has 2 amide bonds. The van der Waals surface area contributed by atoms with Crippen LogP contribution in [0.1, 0.15) is 48.9 Å². The van der Waals surface area contributed by atoms with Gasteiger partial charge < -0.3 is 9.80 Å². The van der Waals surface area contributed by atoms with Gasteiger partial charge in [-0.15, -0.1) is 0 Å². The minimum absolute atomic E-state index is 0.0838. The molecular formula is C23H29F2N3O2. The lowest BCUT2D eigenvalue weighted by Gasteiger charge is -2.54. The summed E-state index contributed by atoms with van der Waals surface area (Å²) in [5.74, 6) is -0.269. The zero-order valence-corrected chi connectivity index (χ0v) is 17.2. The van der Waals surface area contributed by atoms with Gasteiger partial charge in [-0.3, -0.25) is 14.5 Å². The molecule has 4 heterocycles. The number of hydrogen-bond acceptors (Lipinski definition) is 3. The maximum atomic E-state index is 13.5. The van der Waals surface area contributed by atoms with Gasteiger partial charge in [0, 0.05) is 62.9 Å². The number of likely N-dealkylation sites (tertiary alicyclic amines) is 2. The van der Waals surface area contributed by atoms with Crippen LogP contribution in [-0.2, 0) is 4.79 Å². The van der Waals surface area contributed by atoms with Gasteiger partial charge in [-0.05, 0) is 56.1 Å². The summed E-state index contributed by atoms with van der Waals surface area (Å²) in [5.41, 5.74) is 0.0838. The van der Waals surface area contributed by atoms with Crippen molar-refractivity contribution in [2.75, 3.05) is 32.7 Å². The highest BCUT2D eigenvalue weighted by Crippen LogP contribution is 2.39. The van der Waals surface area contributed by atoms with Gasteiger partial charge in [0.1, 0.15) is 11.6 Å². The fourth-order valence-electron chi connectivity index (χ4n) is 6.24. The van der Waals surface area contributed by atoms with Gasteiger partial charge in [0.25, 0.3) is 5.91 Å². The number of benzene rings is 1. The molecule has 0 radical (unpaired) electrons. The first-order chi connectivity index (χ1) is 14.5. The molecule has 0 aliphatic carbocycles. The molecule has 0 unspecified atom stereocenters. The second-order valence-corrected chi connectivity index (χ2v) is 9.50. The number of halogens is 2. The maximum Gasteiger partial charge on any atom is 0.254 e. The molecule has 7 heteroatoms. The van der Waals surface area contributed by atoms with Crippen LogP contribution < -0.4 is 0 Å². The van der Waals surface area contributed by atoms with Crippen LogP contribution in [0.4, 0.5) is 8.78 Å². The molecule has 162 valence electrons. The first-order valence-electron chi connectivity index (χ1n) is 11.3. The van der Waals surface area contributed by atoms with E-state index < -0.39 is 11.6 Å². The SMILES string of the molecule is O=C(c1cc(F)cc(F)c1)N1CCC(N2C[C@H]3C[C@@H](C2)[C@H]2CCCC(=O)N2C3)CC1. The minimum Gasteiger partial charge on any atom is -0.339 e. The number of piperidine rings is 4. The third kappa shape index (κ3) is 3.72. The Balaban J connectivity index is 1.20. The molecule has 3 atom stereocenters. The summed E-state index contributed by atoms with van der Waals surface area (Å²) in [6.45, 7) is 4.20. The van der Waals surface area contributed by atoms with Crippen LogP contribution in [0.3, 0.4) is 0 Å². The van der Waals surface area contributed by atoms with Crippen LogP contribution in [-0.4, -0.2) is 71.3 Å². The van der Waals surface area contributed by atoms with Crippen LogP contribution in [0.5, 0.6) is 0 Å². The lowest BCUT2D eigenvalue weighted by molar-refractivity contribution is -0.145. The van der Waals surface area contributed by atoms with Gasteiger partial charge in [0.2, 0.25) is 5.91 Å². The number of rotatable bonds is 2. The Morgan fingerprint density at radius 2 is 1.70 bits per heavy atom. The van der Waals surface area contributed by atoms with Gasteiger partial charge in [-0.2, -0.15) is 0 Å². The fraction of sp³-hybridized carbons (Fsp3) is 0.652. The Labute approximate surface area is 176 Å². The Morgan fingerprint density at radius 1 is 0.967 bits per heavy atom. The quantitative estimate of drug-likeness (QED) is 0.743. The first-order valence-corrected chi connectivity index (χ1v) is 11.3. The van der Waals surface area contributed by atoms with Crippen molar-refractivity contribution in [1.82, 2.24) is 14.7 Å². The van der Waals surface area contributed by atoms with E-state index in [0.29, 0.717) is 49.3 Å². The second-order valence-electron chi connectivity index (χ2n) is 9.50. The third-order valence-electron chi connectivity index (χ3n) is 7.59. The molecule has 2 bridgehead atoms. The molecule has 5 rings (SSSR count). The molecule has 4 aliphatic rings. The largest absolute Gasteiger partial charge is 0.339 e. The van der Waals surface area contributed by atoms with Crippen molar-refractivity contribution in [2.45, 2.75) is 50.6 Å². The lowest BCUT2D eigenvalue weighted by Crippen LogP contribution is -2.62. The summed E-state index contributed by atoms with van der Waals surface area (Å²) in [5, 5.41) is 0. The van der Waals surface area contributed by atoms with Crippen molar-refractivity contribution in [2.24, 2.45) is 11.8 Å². The van der Waals surface area contributed by atoms with E-state index in [9.17, 15) is 18.4 Å². The summed E-state index contributed by atoms with van der Waals surface area (Å²) in [6, 6.07) is 3.86. The predicted octanol–water partition coefficient (Wildman–Crippen LogP) is 2.90. The standard InChI is InChI=1S/C23H29F2N3O2/c24-18-9-16(10-19(25)11-18)23(30)26-6-4-20(5-7-26)27-12-15-8-17(14-27)21-2-1-3-22(29)28(21)13-15/h9-11,15,17,20-21H,1-8,12-14H2/t15-,17+,21-/m1/s1. The zero-order valence-electron chi connectivity index (χ0n) is 17.2. The maximum absolute atomic E-state index is 13.5. The molecule has 1 aromatic carbocycles. The summed E-state index contributed by atoms with van der Waals surface area (Å²) < 4.78 is 26.9. The van der Waals surface area contributed by atoms with Crippen molar-refractivity contribution in [3.8, 4) is 0 Å². The molecule has 0 N–H and O–H groups in total. The Kier molecular flexibility index (Phi) is 5.25.